The minimum Gasteiger partial charge on any atom is -0.462 e. The molecule has 5 nitrogen and oxygen atoms in total. The lowest BCUT2D eigenvalue weighted by Crippen LogP contribution is -2.30. The average Bonchev–Trinajstić information content (AvgIpc) is 2.45. The molecule has 6 heteroatoms. The average molecular weight is 351 g/mol. The lowest BCUT2D eigenvalue weighted by Gasteiger charge is -2.15. The summed E-state index contributed by atoms with van der Waals surface area (Å²) in [6, 6.07) is 6.70. The third-order valence-corrected chi connectivity index (χ3v) is 3.35. The van der Waals surface area contributed by atoms with Crippen LogP contribution in [-0.4, -0.2) is 24.2 Å². The maximum Gasteiger partial charge on any atom is 0.338 e. The summed E-state index contributed by atoms with van der Waals surface area (Å²) >= 11 is 3.28. The summed E-state index contributed by atoms with van der Waals surface area (Å²) in [6.45, 7) is 3.90. The number of nitrogens with one attached hydrogen (secondary N) is 1. The van der Waals surface area contributed by atoms with Gasteiger partial charge in [-0.25, -0.2) is 9.79 Å². The molecule has 110 valence electrons. The molecule has 1 aromatic carbocycles. The van der Waals surface area contributed by atoms with Crippen LogP contribution < -0.4 is 5.32 Å². The number of carbonyl (C=O) groups excluding carboxylic acids is 2. The number of benzene rings is 1. The van der Waals surface area contributed by atoms with Crippen LogP contribution in [0.2, 0.25) is 0 Å². The Labute approximate surface area is 131 Å². The second-order valence-electron chi connectivity index (χ2n) is 4.53. The van der Waals surface area contributed by atoms with Gasteiger partial charge < -0.3 is 10.1 Å². The molecule has 0 saturated heterocycles. The molecule has 2 rings (SSSR count). The van der Waals surface area contributed by atoms with Gasteiger partial charge in [-0.3, -0.25) is 4.79 Å². The lowest BCUT2D eigenvalue weighted by molar-refractivity contribution is -0.114. The molecule has 0 spiro atoms. The lowest BCUT2D eigenvalue weighted by atomic mass is 10.0. The van der Waals surface area contributed by atoms with E-state index in [0.717, 1.165) is 0 Å². The SMILES string of the molecule is CCOC(=O)c1ccc(NC2=NC(Br)=CC(C)C2=O)cc1. The van der Waals surface area contributed by atoms with Crippen LogP contribution in [0.3, 0.4) is 0 Å². The van der Waals surface area contributed by atoms with Crippen LogP contribution in [0.5, 0.6) is 0 Å². The number of esters is 1. The summed E-state index contributed by atoms with van der Waals surface area (Å²) < 4.78 is 5.54. The van der Waals surface area contributed by atoms with E-state index < -0.39 is 0 Å². The number of ether oxygens (including phenoxy) is 1. The molecule has 1 aliphatic rings. The van der Waals surface area contributed by atoms with Crippen molar-refractivity contribution in [3.63, 3.8) is 0 Å². The van der Waals surface area contributed by atoms with Crippen LogP contribution in [0.1, 0.15) is 24.2 Å². The van der Waals surface area contributed by atoms with E-state index in [0.29, 0.717) is 22.5 Å². The molecule has 1 atom stereocenters. The normalized spacial score (nSPS) is 17.9. The molecule has 0 aromatic heterocycles. The summed E-state index contributed by atoms with van der Waals surface area (Å²) in [5, 5.41) is 2.97. The number of amidine groups is 1. The third-order valence-electron chi connectivity index (χ3n) is 2.91. The first-order valence-electron chi connectivity index (χ1n) is 6.55. The Morgan fingerprint density at radius 3 is 2.67 bits per heavy atom. The molecule has 1 unspecified atom stereocenters. The molecule has 0 fully saturated rings. The van der Waals surface area contributed by atoms with Gasteiger partial charge in [0.25, 0.3) is 0 Å². The van der Waals surface area contributed by atoms with E-state index in [1.54, 1.807) is 37.3 Å². The van der Waals surface area contributed by atoms with Crippen LogP contribution >= 0.6 is 15.9 Å². The highest BCUT2D eigenvalue weighted by Crippen LogP contribution is 2.20. The first-order valence-corrected chi connectivity index (χ1v) is 7.35. The highest BCUT2D eigenvalue weighted by atomic mass is 79.9. The number of halogens is 1. The Morgan fingerprint density at radius 1 is 1.38 bits per heavy atom. The highest BCUT2D eigenvalue weighted by Gasteiger charge is 2.22. The predicted molar refractivity (Wildman–Crippen MR) is 84.6 cm³/mol. The zero-order valence-electron chi connectivity index (χ0n) is 11.7. The molecule has 1 heterocycles. The molecule has 1 aliphatic heterocycles. The van der Waals surface area contributed by atoms with Gasteiger partial charge in [-0.2, -0.15) is 0 Å². The standard InChI is InChI=1S/C15H15BrN2O3/c1-3-21-15(20)10-4-6-11(7-5-10)17-14-13(19)9(2)8-12(16)18-14/h4-9H,3H2,1-2H3,(H,17,18). The highest BCUT2D eigenvalue weighted by molar-refractivity contribution is 9.11. The largest absolute Gasteiger partial charge is 0.462 e. The Balaban J connectivity index is 2.12. The number of Topliss-reactive ketones (excluding diaryl/α,β-unsaturated/α-hetero) is 1. The van der Waals surface area contributed by atoms with Gasteiger partial charge in [0.2, 0.25) is 5.78 Å². The van der Waals surface area contributed by atoms with Gasteiger partial charge in [-0.1, -0.05) is 6.92 Å². The molecule has 1 N–H and O–H groups in total. The fraction of sp³-hybridized carbons (Fsp3) is 0.267. The van der Waals surface area contributed by atoms with E-state index in [1.807, 2.05) is 6.92 Å². The number of hydrogen-bond acceptors (Lipinski definition) is 5. The number of nitrogens with zero attached hydrogens (tertiary/aromatic N) is 1. The van der Waals surface area contributed by atoms with Crippen molar-refractivity contribution in [3.8, 4) is 0 Å². The van der Waals surface area contributed by atoms with Crippen molar-refractivity contribution in [1.82, 2.24) is 0 Å². The molecule has 0 amide bonds. The van der Waals surface area contributed by atoms with Crippen LogP contribution in [0.4, 0.5) is 5.69 Å². The van der Waals surface area contributed by atoms with Crippen molar-refractivity contribution < 1.29 is 14.3 Å². The van der Waals surface area contributed by atoms with Gasteiger partial charge >= 0.3 is 5.97 Å². The quantitative estimate of drug-likeness (QED) is 0.671. The van der Waals surface area contributed by atoms with E-state index in [9.17, 15) is 9.59 Å². The summed E-state index contributed by atoms with van der Waals surface area (Å²) in [6.07, 6.45) is 1.75. The van der Waals surface area contributed by atoms with E-state index in [4.69, 9.17) is 4.74 Å². The van der Waals surface area contributed by atoms with Crippen molar-refractivity contribution in [3.05, 3.63) is 40.5 Å². The summed E-state index contributed by atoms with van der Waals surface area (Å²) in [5.41, 5.74) is 1.15. The zero-order valence-corrected chi connectivity index (χ0v) is 13.3. The first kappa shape index (κ1) is 15.4. The topological polar surface area (TPSA) is 67.8 Å². The van der Waals surface area contributed by atoms with Crippen LogP contribution in [0.15, 0.2) is 39.9 Å². The maximum atomic E-state index is 12.0. The molecule has 0 radical (unpaired) electrons. The number of allylic oxidation sites excluding steroid dienone is 1. The maximum absolute atomic E-state index is 12.0. The Hall–Kier alpha value is -1.95. The number of anilines is 1. The fourth-order valence-electron chi connectivity index (χ4n) is 1.83. The molecule has 0 bridgehead atoms. The van der Waals surface area contributed by atoms with Gasteiger partial charge in [0, 0.05) is 11.6 Å². The fourth-order valence-corrected chi connectivity index (χ4v) is 2.40. The molecule has 1 aromatic rings. The van der Waals surface area contributed by atoms with Gasteiger partial charge in [0.1, 0.15) is 4.61 Å². The van der Waals surface area contributed by atoms with E-state index in [1.165, 1.54) is 0 Å². The molecular weight excluding hydrogens is 336 g/mol. The number of carbonyl (C=O) groups is 2. The van der Waals surface area contributed by atoms with Crippen LogP contribution in [0.25, 0.3) is 0 Å². The second-order valence-corrected chi connectivity index (χ2v) is 5.34. The van der Waals surface area contributed by atoms with Crippen molar-refractivity contribution in [2.24, 2.45) is 10.9 Å². The molecule has 0 saturated carbocycles. The van der Waals surface area contributed by atoms with Crippen molar-refractivity contribution in [2.45, 2.75) is 13.8 Å². The van der Waals surface area contributed by atoms with Crippen molar-refractivity contribution >= 4 is 39.2 Å². The number of rotatable bonds is 3. The van der Waals surface area contributed by atoms with E-state index in [2.05, 4.69) is 26.2 Å². The van der Waals surface area contributed by atoms with Gasteiger partial charge in [0.15, 0.2) is 5.84 Å². The number of ketones is 1. The predicted octanol–water partition coefficient (Wildman–Crippen LogP) is 3.13. The van der Waals surface area contributed by atoms with E-state index in [-0.39, 0.29) is 23.5 Å². The number of aliphatic imine (C=N–C) groups is 1. The van der Waals surface area contributed by atoms with Gasteiger partial charge in [0.05, 0.1) is 12.2 Å². The van der Waals surface area contributed by atoms with Crippen molar-refractivity contribution in [1.29, 1.82) is 0 Å². The third kappa shape index (κ3) is 3.78. The number of hydrogen-bond donors (Lipinski definition) is 1. The Kier molecular flexibility index (Phi) is 4.90. The minimum atomic E-state index is -0.366. The molecule has 21 heavy (non-hydrogen) atoms. The monoisotopic (exact) mass is 350 g/mol. The first-order chi connectivity index (χ1) is 10.0. The Bertz CT molecular complexity index is 620. The van der Waals surface area contributed by atoms with Gasteiger partial charge in [-0.05, 0) is 53.2 Å². The molecule has 0 aliphatic carbocycles. The zero-order chi connectivity index (χ0) is 15.4. The summed E-state index contributed by atoms with van der Waals surface area (Å²) in [4.78, 5) is 27.7. The van der Waals surface area contributed by atoms with E-state index >= 15 is 0 Å². The molecular formula is C15H15BrN2O3. The van der Waals surface area contributed by atoms with Crippen LogP contribution in [0, 0.1) is 5.92 Å². The minimum absolute atomic E-state index is 0.0762. The second kappa shape index (κ2) is 6.67. The van der Waals surface area contributed by atoms with Gasteiger partial charge in [-0.15, -0.1) is 0 Å². The summed E-state index contributed by atoms with van der Waals surface area (Å²) in [5.74, 6) is -0.388. The smallest absolute Gasteiger partial charge is 0.338 e. The summed E-state index contributed by atoms with van der Waals surface area (Å²) in [7, 11) is 0. The van der Waals surface area contributed by atoms with Crippen LogP contribution in [-0.2, 0) is 9.53 Å². The Morgan fingerprint density at radius 2 is 2.05 bits per heavy atom. The van der Waals surface area contributed by atoms with Crippen molar-refractivity contribution in [2.75, 3.05) is 11.9 Å².